The van der Waals surface area contributed by atoms with Gasteiger partial charge >= 0.3 is 0 Å². The molecular formula is C11H17N3. The standard InChI is InChI=1S/C11H17N3/c1-9-3-4-13-11(7-9)14-6-5-12-8-10(14)2/h3-4,7,10,12H,5-6,8H2,1-2H3. The molecule has 2 heterocycles. The summed E-state index contributed by atoms with van der Waals surface area (Å²) in [5, 5.41) is 3.38. The van der Waals surface area contributed by atoms with Gasteiger partial charge in [0, 0.05) is 31.9 Å². The molecule has 1 aliphatic heterocycles. The third-order valence-electron chi connectivity index (χ3n) is 2.70. The summed E-state index contributed by atoms with van der Waals surface area (Å²) in [5.74, 6) is 1.11. The van der Waals surface area contributed by atoms with Gasteiger partial charge in [0.2, 0.25) is 0 Å². The average Bonchev–Trinajstić information content (AvgIpc) is 2.18. The van der Waals surface area contributed by atoms with Gasteiger partial charge in [0.05, 0.1) is 0 Å². The summed E-state index contributed by atoms with van der Waals surface area (Å²) in [7, 11) is 0. The normalized spacial score (nSPS) is 22.4. The second kappa shape index (κ2) is 3.96. The first-order chi connectivity index (χ1) is 6.77. The van der Waals surface area contributed by atoms with E-state index < -0.39 is 0 Å². The highest BCUT2D eigenvalue weighted by Gasteiger charge is 2.18. The van der Waals surface area contributed by atoms with Crippen molar-refractivity contribution in [2.24, 2.45) is 0 Å². The minimum absolute atomic E-state index is 0.540. The maximum atomic E-state index is 4.41. The SMILES string of the molecule is Cc1ccnc(N2CCNCC2C)c1. The monoisotopic (exact) mass is 191 g/mol. The number of piperazine rings is 1. The lowest BCUT2D eigenvalue weighted by molar-refractivity contribution is 0.497. The van der Waals surface area contributed by atoms with Crippen LogP contribution in [0.25, 0.3) is 0 Å². The Labute approximate surface area is 85.1 Å². The molecule has 1 N–H and O–H groups in total. The van der Waals surface area contributed by atoms with Crippen molar-refractivity contribution in [2.45, 2.75) is 19.9 Å². The Kier molecular flexibility index (Phi) is 2.68. The molecule has 0 amide bonds. The zero-order valence-electron chi connectivity index (χ0n) is 8.83. The third kappa shape index (κ3) is 1.87. The molecule has 14 heavy (non-hydrogen) atoms. The van der Waals surface area contributed by atoms with Gasteiger partial charge in [-0.15, -0.1) is 0 Å². The highest BCUT2D eigenvalue weighted by molar-refractivity contribution is 5.42. The summed E-state index contributed by atoms with van der Waals surface area (Å²) in [6.07, 6.45) is 1.89. The van der Waals surface area contributed by atoms with Crippen LogP contribution in [0.15, 0.2) is 18.3 Å². The average molecular weight is 191 g/mol. The van der Waals surface area contributed by atoms with Crippen LogP contribution in [0.3, 0.4) is 0 Å². The van der Waals surface area contributed by atoms with E-state index in [4.69, 9.17) is 0 Å². The summed E-state index contributed by atoms with van der Waals surface area (Å²) in [5.41, 5.74) is 1.28. The van der Waals surface area contributed by atoms with Crippen LogP contribution in [0.1, 0.15) is 12.5 Å². The number of nitrogens with zero attached hydrogens (tertiary/aromatic N) is 2. The molecule has 0 bridgehead atoms. The zero-order chi connectivity index (χ0) is 9.97. The van der Waals surface area contributed by atoms with Gasteiger partial charge in [-0.3, -0.25) is 0 Å². The van der Waals surface area contributed by atoms with Crippen LogP contribution in [0, 0.1) is 6.92 Å². The molecule has 1 unspecified atom stereocenters. The third-order valence-corrected chi connectivity index (χ3v) is 2.70. The molecule has 1 atom stereocenters. The molecule has 3 nitrogen and oxygen atoms in total. The first kappa shape index (κ1) is 9.46. The summed E-state index contributed by atoms with van der Waals surface area (Å²) in [6, 6.07) is 4.73. The quantitative estimate of drug-likeness (QED) is 0.722. The Morgan fingerprint density at radius 3 is 3.14 bits per heavy atom. The molecule has 2 rings (SSSR count). The van der Waals surface area contributed by atoms with E-state index in [2.05, 4.69) is 35.1 Å². The van der Waals surface area contributed by atoms with Gasteiger partial charge in [-0.2, -0.15) is 0 Å². The van der Waals surface area contributed by atoms with E-state index in [0.29, 0.717) is 6.04 Å². The smallest absolute Gasteiger partial charge is 0.129 e. The second-order valence-corrected chi connectivity index (χ2v) is 3.94. The summed E-state index contributed by atoms with van der Waals surface area (Å²) in [6.45, 7) is 7.50. The molecule has 0 radical (unpaired) electrons. The molecule has 1 aromatic heterocycles. The van der Waals surface area contributed by atoms with Crippen molar-refractivity contribution >= 4 is 5.82 Å². The number of hydrogen-bond donors (Lipinski definition) is 1. The van der Waals surface area contributed by atoms with Crippen molar-refractivity contribution < 1.29 is 0 Å². The largest absolute Gasteiger partial charge is 0.351 e. The fourth-order valence-electron chi connectivity index (χ4n) is 1.86. The molecule has 3 heteroatoms. The molecule has 0 aromatic carbocycles. The minimum Gasteiger partial charge on any atom is -0.351 e. The Morgan fingerprint density at radius 1 is 1.57 bits per heavy atom. The van der Waals surface area contributed by atoms with Crippen LogP contribution >= 0.6 is 0 Å². The molecule has 76 valence electrons. The molecule has 1 aromatic rings. The first-order valence-electron chi connectivity index (χ1n) is 5.17. The van der Waals surface area contributed by atoms with Crippen molar-refractivity contribution in [3.05, 3.63) is 23.9 Å². The fraction of sp³-hybridized carbons (Fsp3) is 0.545. The maximum Gasteiger partial charge on any atom is 0.129 e. The minimum atomic E-state index is 0.540. The number of aromatic nitrogens is 1. The predicted octanol–water partition coefficient (Wildman–Crippen LogP) is 1.19. The van der Waals surface area contributed by atoms with Gasteiger partial charge in [-0.05, 0) is 31.5 Å². The maximum absolute atomic E-state index is 4.41. The molecule has 0 aliphatic carbocycles. The van der Waals surface area contributed by atoms with Crippen molar-refractivity contribution in [2.75, 3.05) is 24.5 Å². The number of aryl methyl sites for hydroxylation is 1. The van der Waals surface area contributed by atoms with E-state index in [1.54, 1.807) is 0 Å². The van der Waals surface area contributed by atoms with Gasteiger partial charge in [0.15, 0.2) is 0 Å². The van der Waals surface area contributed by atoms with Crippen molar-refractivity contribution in [1.29, 1.82) is 0 Å². The van der Waals surface area contributed by atoms with Gasteiger partial charge in [0.1, 0.15) is 5.82 Å². The number of nitrogens with one attached hydrogen (secondary N) is 1. The Bertz CT molecular complexity index is 311. The molecule has 1 aliphatic rings. The molecule has 0 spiro atoms. The fourth-order valence-corrected chi connectivity index (χ4v) is 1.86. The number of rotatable bonds is 1. The van der Waals surface area contributed by atoms with Gasteiger partial charge in [-0.1, -0.05) is 0 Å². The lowest BCUT2D eigenvalue weighted by atomic mass is 10.2. The van der Waals surface area contributed by atoms with E-state index in [-0.39, 0.29) is 0 Å². The molecule has 1 saturated heterocycles. The summed E-state index contributed by atoms with van der Waals surface area (Å²) >= 11 is 0. The van der Waals surface area contributed by atoms with Crippen LogP contribution in [0.2, 0.25) is 0 Å². The van der Waals surface area contributed by atoms with E-state index in [0.717, 1.165) is 25.5 Å². The number of hydrogen-bond acceptors (Lipinski definition) is 3. The first-order valence-corrected chi connectivity index (χ1v) is 5.17. The highest BCUT2D eigenvalue weighted by Crippen LogP contribution is 2.15. The Balaban J connectivity index is 2.20. The predicted molar refractivity (Wildman–Crippen MR) is 58.7 cm³/mol. The van der Waals surface area contributed by atoms with Gasteiger partial charge in [0.25, 0.3) is 0 Å². The van der Waals surface area contributed by atoms with Crippen molar-refractivity contribution in [1.82, 2.24) is 10.3 Å². The molecular weight excluding hydrogens is 174 g/mol. The van der Waals surface area contributed by atoms with Crippen LogP contribution in [-0.2, 0) is 0 Å². The zero-order valence-corrected chi connectivity index (χ0v) is 8.83. The van der Waals surface area contributed by atoms with E-state index in [1.165, 1.54) is 5.56 Å². The Morgan fingerprint density at radius 2 is 2.43 bits per heavy atom. The summed E-state index contributed by atoms with van der Waals surface area (Å²) in [4.78, 5) is 6.78. The van der Waals surface area contributed by atoms with E-state index in [1.807, 2.05) is 12.3 Å². The molecule has 0 saturated carbocycles. The van der Waals surface area contributed by atoms with Crippen molar-refractivity contribution in [3.8, 4) is 0 Å². The van der Waals surface area contributed by atoms with E-state index in [9.17, 15) is 0 Å². The van der Waals surface area contributed by atoms with Crippen LogP contribution < -0.4 is 10.2 Å². The topological polar surface area (TPSA) is 28.2 Å². The Hall–Kier alpha value is -1.09. The van der Waals surface area contributed by atoms with Crippen LogP contribution in [-0.4, -0.2) is 30.7 Å². The lowest BCUT2D eigenvalue weighted by Crippen LogP contribution is -2.50. The second-order valence-electron chi connectivity index (χ2n) is 3.94. The highest BCUT2D eigenvalue weighted by atomic mass is 15.3. The number of anilines is 1. The summed E-state index contributed by atoms with van der Waals surface area (Å²) < 4.78 is 0. The van der Waals surface area contributed by atoms with Crippen LogP contribution in [0.4, 0.5) is 5.82 Å². The number of pyridine rings is 1. The van der Waals surface area contributed by atoms with Crippen LogP contribution in [0.5, 0.6) is 0 Å². The van der Waals surface area contributed by atoms with Crippen molar-refractivity contribution in [3.63, 3.8) is 0 Å². The van der Waals surface area contributed by atoms with Gasteiger partial charge < -0.3 is 10.2 Å². The van der Waals surface area contributed by atoms with E-state index >= 15 is 0 Å². The van der Waals surface area contributed by atoms with Gasteiger partial charge in [-0.25, -0.2) is 4.98 Å². The molecule has 1 fully saturated rings. The lowest BCUT2D eigenvalue weighted by Gasteiger charge is -2.35.